The van der Waals surface area contributed by atoms with Crippen LogP contribution in [0.4, 0.5) is 11.4 Å². The zero-order valence-electron chi connectivity index (χ0n) is 14.4. The predicted molar refractivity (Wildman–Crippen MR) is 117 cm³/mol. The molecule has 4 nitrogen and oxygen atoms in total. The Morgan fingerprint density at radius 1 is 0.964 bits per heavy atom. The molecular formula is C21H13Cl2N3OS. The number of halogens is 2. The summed E-state index contributed by atoms with van der Waals surface area (Å²) < 4.78 is 0. The van der Waals surface area contributed by atoms with E-state index in [1.807, 2.05) is 48.5 Å². The van der Waals surface area contributed by atoms with Crippen LogP contribution in [0.2, 0.25) is 10.2 Å². The zero-order chi connectivity index (χ0) is 19.5. The number of hydrogen-bond donors (Lipinski definition) is 0. The first-order valence-corrected chi connectivity index (χ1v) is 9.93. The zero-order valence-corrected chi connectivity index (χ0v) is 16.7. The number of rotatable bonds is 3. The summed E-state index contributed by atoms with van der Waals surface area (Å²) in [5, 5.41) is 1.45. The van der Waals surface area contributed by atoms with Crippen LogP contribution in [0.15, 0.2) is 82.8 Å². The highest BCUT2D eigenvalue weighted by molar-refractivity contribution is 8.19. The van der Waals surface area contributed by atoms with Crippen LogP contribution in [0.1, 0.15) is 5.56 Å². The Morgan fingerprint density at radius 2 is 1.71 bits per heavy atom. The van der Waals surface area contributed by atoms with E-state index in [2.05, 4.69) is 9.98 Å². The van der Waals surface area contributed by atoms with Gasteiger partial charge in [-0.2, -0.15) is 0 Å². The van der Waals surface area contributed by atoms with Gasteiger partial charge in [-0.05, 0) is 59.8 Å². The van der Waals surface area contributed by atoms with Gasteiger partial charge in [0.1, 0.15) is 5.69 Å². The average molecular weight is 426 g/mol. The average Bonchev–Trinajstić information content (AvgIpc) is 3.01. The lowest BCUT2D eigenvalue weighted by Gasteiger charge is -2.15. The van der Waals surface area contributed by atoms with Crippen LogP contribution in [0.5, 0.6) is 0 Å². The second-order valence-corrected chi connectivity index (χ2v) is 7.65. The lowest BCUT2D eigenvalue weighted by atomic mass is 10.2. The summed E-state index contributed by atoms with van der Waals surface area (Å²) >= 11 is 13.4. The molecule has 2 heterocycles. The van der Waals surface area contributed by atoms with E-state index in [1.165, 1.54) is 11.8 Å². The molecule has 0 unspecified atom stereocenters. The normalized spacial score (nSPS) is 16.9. The van der Waals surface area contributed by atoms with Crippen molar-refractivity contribution in [2.75, 3.05) is 4.90 Å². The largest absolute Gasteiger partial charge is 0.271 e. The van der Waals surface area contributed by atoms with Gasteiger partial charge in [0.2, 0.25) is 0 Å². The molecule has 2 aromatic carbocycles. The van der Waals surface area contributed by atoms with Crippen molar-refractivity contribution >= 4 is 63.5 Å². The number of carbonyl (C=O) groups excluding carboxylic acids is 1. The summed E-state index contributed by atoms with van der Waals surface area (Å²) in [5.41, 5.74) is 2.13. The first-order valence-electron chi connectivity index (χ1n) is 8.35. The second kappa shape index (κ2) is 8.19. The van der Waals surface area contributed by atoms with Crippen molar-refractivity contribution in [3.8, 4) is 0 Å². The smallest absolute Gasteiger partial charge is 0.268 e. The van der Waals surface area contributed by atoms with Gasteiger partial charge in [-0.3, -0.25) is 9.69 Å². The van der Waals surface area contributed by atoms with Crippen LogP contribution in [0, 0.1) is 0 Å². The summed E-state index contributed by atoms with van der Waals surface area (Å²) in [5.74, 6) is -0.148. The Morgan fingerprint density at radius 3 is 2.43 bits per heavy atom. The van der Waals surface area contributed by atoms with Crippen molar-refractivity contribution in [2.24, 2.45) is 4.99 Å². The number of pyridine rings is 1. The molecule has 4 rings (SSSR count). The van der Waals surface area contributed by atoms with Crippen LogP contribution in [0.25, 0.3) is 6.08 Å². The maximum atomic E-state index is 13.1. The first kappa shape index (κ1) is 18.7. The van der Waals surface area contributed by atoms with E-state index in [4.69, 9.17) is 23.2 Å². The maximum absolute atomic E-state index is 13.1. The lowest BCUT2D eigenvalue weighted by molar-refractivity contribution is -0.113. The molecule has 3 aromatic rings. The summed E-state index contributed by atoms with van der Waals surface area (Å²) in [6.07, 6.45) is 3.42. The van der Waals surface area contributed by atoms with Crippen LogP contribution in [0.3, 0.4) is 0 Å². The fraction of sp³-hybridized carbons (Fsp3) is 0. The molecular weight excluding hydrogens is 413 g/mol. The highest BCUT2D eigenvalue weighted by atomic mass is 35.5. The van der Waals surface area contributed by atoms with Gasteiger partial charge in [-0.25, -0.2) is 9.98 Å². The molecule has 28 heavy (non-hydrogen) atoms. The van der Waals surface area contributed by atoms with E-state index in [0.717, 1.165) is 11.3 Å². The molecule has 0 N–H and O–H groups in total. The van der Waals surface area contributed by atoms with Crippen molar-refractivity contribution in [3.05, 3.63) is 93.6 Å². The topological polar surface area (TPSA) is 45.6 Å². The Hall–Kier alpha value is -2.60. The van der Waals surface area contributed by atoms with Gasteiger partial charge in [0, 0.05) is 11.2 Å². The Labute approximate surface area is 176 Å². The summed E-state index contributed by atoms with van der Waals surface area (Å²) in [7, 11) is 0. The summed E-state index contributed by atoms with van der Waals surface area (Å²) in [6, 6.07) is 20.2. The van der Waals surface area contributed by atoms with Crippen molar-refractivity contribution in [3.63, 3.8) is 0 Å². The number of amides is 1. The molecule has 1 aliphatic heterocycles. The monoisotopic (exact) mass is 425 g/mol. The number of benzene rings is 2. The van der Waals surface area contributed by atoms with E-state index >= 15 is 0 Å². The molecule has 1 saturated heterocycles. The van der Waals surface area contributed by atoms with E-state index < -0.39 is 0 Å². The van der Waals surface area contributed by atoms with Gasteiger partial charge >= 0.3 is 0 Å². The van der Waals surface area contributed by atoms with E-state index in [9.17, 15) is 4.79 Å². The number of aliphatic imine (C=N–C) groups is 1. The number of hydrogen-bond acceptors (Lipinski definition) is 4. The summed E-state index contributed by atoms with van der Waals surface area (Å²) in [4.78, 5) is 23.9. The number of anilines is 1. The van der Waals surface area contributed by atoms with Crippen molar-refractivity contribution < 1.29 is 4.79 Å². The van der Waals surface area contributed by atoms with Crippen molar-refractivity contribution in [1.29, 1.82) is 0 Å². The van der Waals surface area contributed by atoms with Gasteiger partial charge in [0.25, 0.3) is 5.91 Å². The SMILES string of the molecule is O=C1/C(=C/c2ccc(Cl)cc2)SC(=Nc2cccnc2Cl)N1c1ccccc1. The molecule has 0 atom stereocenters. The second-order valence-electron chi connectivity index (χ2n) is 5.85. The van der Waals surface area contributed by atoms with E-state index in [1.54, 1.807) is 35.4 Å². The van der Waals surface area contributed by atoms with Crippen LogP contribution in [-0.2, 0) is 4.79 Å². The fourth-order valence-electron chi connectivity index (χ4n) is 2.63. The standard InChI is InChI=1S/C21H13Cl2N3OS/c22-15-10-8-14(9-11-15)13-18-20(27)26(16-5-2-1-3-6-16)21(28-18)25-17-7-4-12-24-19(17)23/h1-13H/b18-13-,25-21?. The molecule has 1 aliphatic rings. The summed E-state index contributed by atoms with van der Waals surface area (Å²) in [6.45, 7) is 0. The highest BCUT2D eigenvalue weighted by Crippen LogP contribution is 2.38. The lowest BCUT2D eigenvalue weighted by Crippen LogP contribution is -2.28. The van der Waals surface area contributed by atoms with Gasteiger partial charge in [-0.1, -0.05) is 53.5 Å². The maximum Gasteiger partial charge on any atom is 0.271 e. The van der Waals surface area contributed by atoms with Gasteiger partial charge in [0.05, 0.1) is 10.6 Å². The van der Waals surface area contributed by atoms with Gasteiger partial charge in [0.15, 0.2) is 10.3 Å². The van der Waals surface area contributed by atoms with Gasteiger partial charge < -0.3 is 0 Å². The molecule has 0 spiro atoms. The third-order valence-corrected chi connectivity index (χ3v) is 5.46. The Kier molecular flexibility index (Phi) is 5.48. The number of amidine groups is 1. The molecule has 0 bridgehead atoms. The number of aromatic nitrogens is 1. The van der Waals surface area contributed by atoms with E-state index in [-0.39, 0.29) is 11.1 Å². The van der Waals surface area contributed by atoms with Crippen molar-refractivity contribution in [2.45, 2.75) is 0 Å². The van der Waals surface area contributed by atoms with Gasteiger partial charge in [-0.15, -0.1) is 0 Å². The molecule has 0 aliphatic carbocycles. The Balaban J connectivity index is 1.78. The van der Waals surface area contributed by atoms with E-state index in [0.29, 0.717) is 20.8 Å². The minimum absolute atomic E-state index is 0.148. The van der Waals surface area contributed by atoms with Crippen molar-refractivity contribution in [1.82, 2.24) is 4.98 Å². The molecule has 1 amide bonds. The molecule has 0 saturated carbocycles. The number of nitrogens with zero attached hydrogens (tertiary/aromatic N) is 3. The first-order chi connectivity index (χ1) is 13.6. The number of para-hydroxylation sites is 1. The minimum atomic E-state index is -0.148. The molecule has 0 radical (unpaired) electrons. The predicted octanol–water partition coefficient (Wildman–Crippen LogP) is 6.20. The quantitative estimate of drug-likeness (QED) is 0.370. The molecule has 1 fully saturated rings. The fourth-order valence-corrected chi connectivity index (χ4v) is 3.91. The molecule has 1 aromatic heterocycles. The molecule has 7 heteroatoms. The third-order valence-electron chi connectivity index (χ3n) is 3.94. The van der Waals surface area contributed by atoms with Crippen LogP contribution in [-0.4, -0.2) is 16.1 Å². The number of carbonyl (C=O) groups is 1. The van der Waals surface area contributed by atoms with Crippen LogP contribution >= 0.6 is 35.0 Å². The highest BCUT2D eigenvalue weighted by Gasteiger charge is 2.34. The molecule has 138 valence electrons. The number of thioether (sulfide) groups is 1. The van der Waals surface area contributed by atoms with Crippen LogP contribution < -0.4 is 4.90 Å². The Bertz CT molecular complexity index is 1080. The minimum Gasteiger partial charge on any atom is -0.268 e. The third kappa shape index (κ3) is 3.97.